The minimum atomic E-state index is 0.111. The van der Waals surface area contributed by atoms with Gasteiger partial charge in [0, 0.05) is 0 Å². The molecule has 0 spiro atoms. The molecule has 0 aromatic heterocycles. The van der Waals surface area contributed by atoms with Gasteiger partial charge in [-0.05, 0) is 50.4 Å². The average molecular weight is 238 g/mol. The van der Waals surface area contributed by atoms with Gasteiger partial charge in [-0.1, -0.05) is 26.7 Å². The Bertz CT molecular complexity index is 256. The third-order valence-electron chi connectivity index (χ3n) is 4.78. The van der Waals surface area contributed by atoms with E-state index in [-0.39, 0.29) is 18.0 Å². The van der Waals surface area contributed by atoms with E-state index in [2.05, 4.69) is 13.8 Å². The first kappa shape index (κ1) is 12.9. The smallest absolute Gasteiger partial charge is 0.309 e. The molecule has 0 radical (unpaired) electrons. The fraction of sp³-hybridized carbons (Fsp3) is 0.933. The molecule has 2 saturated carbocycles. The van der Waals surface area contributed by atoms with Gasteiger partial charge in [0.2, 0.25) is 0 Å². The number of hydrogen-bond donors (Lipinski definition) is 0. The standard InChI is InChI=1S/C15H26O2/c1-3-11-9-12(4-2)14(10-11)15(16)17-13-7-5-6-8-13/h11-14H,3-10H2,1-2H3. The summed E-state index contributed by atoms with van der Waals surface area (Å²) in [7, 11) is 0. The van der Waals surface area contributed by atoms with Gasteiger partial charge in [0.05, 0.1) is 5.92 Å². The quantitative estimate of drug-likeness (QED) is 0.694. The maximum atomic E-state index is 12.2. The average Bonchev–Trinajstić information content (AvgIpc) is 2.96. The number of rotatable bonds is 4. The van der Waals surface area contributed by atoms with Gasteiger partial charge in [-0.3, -0.25) is 4.79 Å². The van der Waals surface area contributed by atoms with Crippen LogP contribution in [0.2, 0.25) is 0 Å². The molecule has 2 fully saturated rings. The molecule has 2 heteroatoms. The summed E-state index contributed by atoms with van der Waals surface area (Å²) in [6.07, 6.45) is 9.52. The zero-order valence-corrected chi connectivity index (χ0v) is 11.3. The summed E-state index contributed by atoms with van der Waals surface area (Å²) < 4.78 is 5.68. The first-order chi connectivity index (χ1) is 8.24. The van der Waals surface area contributed by atoms with Gasteiger partial charge in [-0.25, -0.2) is 0 Å². The Morgan fingerprint density at radius 3 is 2.41 bits per heavy atom. The van der Waals surface area contributed by atoms with Crippen molar-refractivity contribution in [3.63, 3.8) is 0 Å². The molecule has 3 atom stereocenters. The van der Waals surface area contributed by atoms with Crippen LogP contribution in [0, 0.1) is 17.8 Å². The van der Waals surface area contributed by atoms with E-state index in [4.69, 9.17) is 4.74 Å². The highest BCUT2D eigenvalue weighted by molar-refractivity contribution is 5.73. The number of carbonyl (C=O) groups is 1. The minimum Gasteiger partial charge on any atom is -0.462 e. The van der Waals surface area contributed by atoms with E-state index in [1.807, 2.05) is 0 Å². The minimum absolute atomic E-state index is 0.111. The van der Waals surface area contributed by atoms with Gasteiger partial charge >= 0.3 is 5.97 Å². The molecular formula is C15H26O2. The van der Waals surface area contributed by atoms with Crippen LogP contribution in [0.1, 0.15) is 65.2 Å². The van der Waals surface area contributed by atoms with Crippen LogP contribution in [-0.4, -0.2) is 12.1 Å². The Morgan fingerprint density at radius 1 is 1.12 bits per heavy atom. The molecule has 2 aliphatic carbocycles. The van der Waals surface area contributed by atoms with Gasteiger partial charge in [0.15, 0.2) is 0 Å². The monoisotopic (exact) mass is 238 g/mol. The Labute approximate surface area is 105 Å². The largest absolute Gasteiger partial charge is 0.462 e. The van der Waals surface area contributed by atoms with Crippen molar-refractivity contribution in [3.8, 4) is 0 Å². The second kappa shape index (κ2) is 5.88. The predicted octanol–water partition coefficient (Wildman–Crippen LogP) is 3.93. The molecule has 3 unspecified atom stereocenters. The molecule has 2 rings (SSSR count). The molecule has 98 valence electrons. The van der Waals surface area contributed by atoms with Gasteiger partial charge < -0.3 is 4.74 Å². The fourth-order valence-corrected chi connectivity index (χ4v) is 3.57. The summed E-state index contributed by atoms with van der Waals surface area (Å²) in [5, 5.41) is 0. The summed E-state index contributed by atoms with van der Waals surface area (Å²) in [5.41, 5.74) is 0. The van der Waals surface area contributed by atoms with Gasteiger partial charge in [0.1, 0.15) is 6.10 Å². The Hall–Kier alpha value is -0.530. The van der Waals surface area contributed by atoms with Crippen LogP contribution < -0.4 is 0 Å². The topological polar surface area (TPSA) is 26.3 Å². The molecule has 0 bridgehead atoms. The number of hydrogen-bond acceptors (Lipinski definition) is 2. The van der Waals surface area contributed by atoms with Crippen LogP contribution in [0.15, 0.2) is 0 Å². The zero-order chi connectivity index (χ0) is 12.3. The van der Waals surface area contributed by atoms with Crippen molar-refractivity contribution in [2.24, 2.45) is 17.8 Å². The molecule has 0 aliphatic heterocycles. The van der Waals surface area contributed by atoms with E-state index in [0.29, 0.717) is 5.92 Å². The molecule has 2 nitrogen and oxygen atoms in total. The Kier molecular flexibility index (Phi) is 4.47. The van der Waals surface area contributed by atoms with Crippen LogP contribution >= 0.6 is 0 Å². The molecule has 0 aromatic carbocycles. The van der Waals surface area contributed by atoms with Crippen molar-refractivity contribution in [2.45, 2.75) is 71.3 Å². The van der Waals surface area contributed by atoms with E-state index >= 15 is 0 Å². The summed E-state index contributed by atoms with van der Waals surface area (Å²) in [5.74, 6) is 1.64. The second-order valence-corrected chi connectivity index (χ2v) is 5.86. The maximum absolute atomic E-state index is 12.2. The van der Waals surface area contributed by atoms with E-state index in [1.54, 1.807) is 0 Å². The summed E-state index contributed by atoms with van der Waals surface area (Å²) in [6, 6.07) is 0. The van der Waals surface area contributed by atoms with E-state index in [1.165, 1.54) is 25.7 Å². The fourth-order valence-electron chi connectivity index (χ4n) is 3.57. The summed E-state index contributed by atoms with van der Waals surface area (Å²) in [4.78, 5) is 12.2. The van der Waals surface area contributed by atoms with E-state index in [0.717, 1.165) is 31.6 Å². The Balaban J connectivity index is 1.88. The highest BCUT2D eigenvalue weighted by Crippen LogP contribution is 2.41. The highest BCUT2D eigenvalue weighted by atomic mass is 16.5. The lowest BCUT2D eigenvalue weighted by molar-refractivity contribution is -0.155. The van der Waals surface area contributed by atoms with Crippen molar-refractivity contribution >= 4 is 5.97 Å². The maximum Gasteiger partial charge on any atom is 0.309 e. The molecule has 0 N–H and O–H groups in total. The Morgan fingerprint density at radius 2 is 1.82 bits per heavy atom. The lowest BCUT2D eigenvalue weighted by atomic mass is 9.94. The van der Waals surface area contributed by atoms with Crippen LogP contribution in [0.25, 0.3) is 0 Å². The summed E-state index contributed by atoms with van der Waals surface area (Å²) in [6.45, 7) is 4.45. The molecule has 0 saturated heterocycles. The molecule has 0 amide bonds. The van der Waals surface area contributed by atoms with E-state index in [9.17, 15) is 4.79 Å². The van der Waals surface area contributed by atoms with Crippen molar-refractivity contribution < 1.29 is 9.53 Å². The SMILES string of the molecule is CCC1CC(CC)C(C(=O)OC2CCCC2)C1. The molecule has 0 heterocycles. The first-order valence-corrected chi connectivity index (χ1v) is 7.45. The van der Waals surface area contributed by atoms with Gasteiger partial charge in [-0.15, -0.1) is 0 Å². The number of esters is 1. The third kappa shape index (κ3) is 3.02. The molecular weight excluding hydrogens is 212 g/mol. The van der Waals surface area contributed by atoms with Crippen molar-refractivity contribution in [1.82, 2.24) is 0 Å². The van der Waals surface area contributed by atoms with E-state index < -0.39 is 0 Å². The van der Waals surface area contributed by atoms with Gasteiger partial charge in [0.25, 0.3) is 0 Å². The molecule has 2 aliphatic rings. The van der Waals surface area contributed by atoms with Crippen LogP contribution in [0.5, 0.6) is 0 Å². The van der Waals surface area contributed by atoms with Crippen LogP contribution in [0.4, 0.5) is 0 Å². The number of carbonyl (C=O) groups excluding carboxylic acids is 1. The molecule has 0 aromatic rings. The van der Waals surface area contributed by atoms with Crippen molar-refractivity contribution in [3.05, 3.63) is 0 Å². The highest BCUT2D eigenvalue weighted by Gasteiger charge is 2.38. The van der Waals surface area contributed by atoms with Crippen LogP contribution in [0.3, 0.4) is 0 Å². The zero-order valence-electron chi connectivity index (χ0n) is 11.3. The van der Waals surface area contributed by atoms with Crippen molar-refractivity contribution in [1.29, 1.82) is 0 Å². The lowest BCUT2D eigenvalue weighted by Gasteiger charge is -2.19. The first-order valence-electron chi connectivity index (χ1n) is 7.45. The number of ether oxygens (including phenoxy) is 1. The molecule has 17 heavy (non-hydrogen) atoms. The van der Waals surface area contributed by atoms with Crippen LogP contribution in [-0.2, 0) is 9.53 Å². The van der Waals surface area contributed by atoms with Crippen molar-refractivity contribution in [2.75, 3.05) is 0 Å². The lowest BCUT2D eigenvalue weighted by Crippen LogP contribution is -2.25. The van der Waals surface area contributed by atoms with Gasteiger partial charge in [-0.2, -0.15) is 0 Å². The normalized spacial score (nSPS) is 34.1. The predicted molar refractivity (Wildman–Crippen MR) is 68.6 cm³/mol. The summed E-state index contributed by atoms with van der Waals surface area (Å²) >= 11 is 0. The second-order valence-electron chi connectivity index (χ2n) is 5.86. The third-order valence-corrected chi connectivity index (χ3v) is 4.78.